The molecule has 2 rings (SSSR count). The van der Waals surface area contributed by atoms with Gasteiger partial charge >= 0.3 is 0 Å². The summed E-state index contributed by atoms with van der Waals surface area (Å²) in [5.41, 5.74) is 10.3. The lowest BCUT2D eigenvalue weighted by Gasteiger charge is -2.42. The summed E-state index contributed by atoms with van der Waals surface area (Å²) in [6.07, 6.45) is -11.0. The van der Waals surface area contributed by atoms with Gasteiger partial charge in [-0.25, -0.2) is 0 Å². The fraction of sp³-hybridized carbons (Fsp3) is 1.00. The van der Waals surface area contributed by atoms with E-state index >= 15 is 0 Å². The summed E-state index contributed by atoms with van der Waals surface area (Å²) in [4.78, 5) is 0. The molecule has 0 aromatic rings. The van der Waals surface area contributed by atoms with E-state index in [0.717, 1.165) is 0 Å². The molecule has 2 aliphatic heterocycles. The average Bonchev–Trinajstić information content (AvgIpc) is 2.58. The molecule has 0 aromatic heterocycles. The molecule has 25 heavy (non-hydrogen) atoms. The van der Waals surface area contributed by atoms with Crippen molar-refractivity contribution in [1.82, 2.24) is 0 Å². The van der Waals surface area contributed by atoms with Crippen LogP contribution in [-0.2, 0) is 9.47 Å². The lowest BCUT2D eigenvalue weighted by atomic mass is 9.97. The summed E-state index contributed by atoms with van der Waals surface area (Å²) in [6.45, 7) is -1.09. The first-order chi connectivity index (χ1) is 11.5. The van der Waals surface area contributed by atoms with E-state index in [0.29, 0.717) is 0 Å². The average molecular weight is 374 g/mol. The zero-order valence-electron chi connectivity index (χ0n) is 13.1. The number of hydrogen-bond acceptors (Lipinski definition) is 13. The van der Waals surface area contributed by atoms with Crippen LogP contribution in [-0.4, -0.2) is 120 Å². The first-order valence-corrected chi connectivity index (χ1v) is 7.38. The predicted octanol–water partition coefficient (Wildman–Crippen LogP) is -7.19. The predicted molar refractivity (Wildman–Crippen MR) is 77.1 cm³/mol. The van der Waals surface area contributed by atoms with Crippen LogP contribution >= 0.6 is 0 Å². The maximum atomic E-state index is 9.20. The molecule has 2 aliphatic rings. The van der Waals surface area contributed by atoms with E-state index in [4.69, 9.17) is 46.8 Å². The van der Waals surface area contributed by atoms with Gasteiger partial charge in [0.2, 0.25) is 0 Å². The standard InChI is InChI=1S/C6H13NO6.C6H13NO5/c7-6(12)5(11)4(10)3(9)2(1-8)13-6;7-3-5(10)4(9)2(1-8)12-6(3)11/h2-5,8-12H,1,7H2;2-6,8-11H,1,7H2/t2-,3-,4+,5+,6+;2-,3-,4-,5-,6-/m11/s1. The Hall–Kier alpha value is -0.520. The third-order valence-electron chi connectivity index (χ3n) is 3.95. The van der Waals surface area contributed by atoms with E-state index in [1.54, 1.807) is 0 Å². The highest BCUT2D eigenvalue weighted by molar-refractivity contribution is 4.93. The van der Waals surface area contributed by atoms with E-state index < -0.39 is 74.2 Å². The van der Waals surface area contributed by atoms with Crippen molar-refractivity contribution in [3.05, 3.63) is 0 Å². The highest BCUT2D eigenvalue weighted by Gasteiger charge is 2.50. The first kappa shape index (κ1) is 22.5. The summed E-state index contributed by atoms with van der Waals surface area (Å²) in [5.74, 6) is -2.45. The van der Waals surface area contributed by atoms with Crippen molar-refractivity contribution in [3.63, 3.8) is 0 Å². The van der Waals surface area contributed by atoms with Gasteiger partial charge < -0.3 is 61.2 Å². The number of rotatable bonds is 2. The van der Waals surface area contributed by atoms with Crippen molar-refractivity contribution in [1.29, 1.82) is 0 Å². The molecule has 10 atom stereocenters. The molecular formula is C12H26N2O11. The van der Waals surface area contributed by atoms with Gasteiger partial charge in [0, 0.05) is 0 Å². The van der Waals surface area contributed by atoms with Crippen LogP contribution in [0.3, 0.4) is 0 Å². The third-order valence-corrected chi connectivity index (χ3v) is 3.95. The molecule has 13 heteroatoms. The monoisotopic (exact) mass is 374 g/mol. The van der Waals surface area contributed by atoms with Crippen LogP contribution in [0.1, 0.15) is 0 Å². The van der Waals surface area contributed by atoms with Gasteiger partial charge in [-0.05, 0) is 0 Å². The Morgan fingerprint density at radius 2 is 1.28 bits per heavy atom. The van der Waals surface area contributed by atoms with Gasteiger partial charge in [0.25, 0.3) is 5.91 Å². The molecule has 150 valence electrons. The molecular weight excluding hydrogens is 348 g/mol. The Labute approximate surface area is 142 Å². The summed E-state index contributed by atoms with van der Waals surface area (Å²) in [7, 11) is 0. The number of ether oxygens (including phenoxy) is 2. The van der Waals surface area contributed by atoms with Crippen LogP contribution in [0.4, 0.5) is 0 Å². The largest absolute Gasteiger partial charge is 0.394 e. The highest BCUT2D eigenvalue weighted by atomic mass is 16.7. The number of aliphatic hydroxyl groups is 9. The van der Waals surface area contributed by atoms with Crippen LogP contribution in [0.5, 0.6) is 0 Å². The minimum Gasteiger partial charge on any atom is -0.394 e. The van der Waals surface area contributed by atoms with Gasteiger partial charge in [-0.1, -0.05) is 0 Å². The molecule has 0 radical (unpaired) electrons. The van der Waals surface area contributed by atoms with E-state index in [2.05, 4.69) is 4.74 Å². The molecule has 13 N–H and O–H groups in total. The van der Waals surface area contributed by atoms with Crippen molar-refractivity contribution in [2.75, 3.05) is 13.2 Å². The van der Waals surface area contributed by atoms with Crippen LogP contribution in [0.15, 0.2) is 0 Å². The first-order valence-electron chi connectivity index (χ1n) is 7.38. The maximum Gasteiger partial charge on any atom is 0.252 e. The topological polar surface area (TPSA) is 253 Å². The third kappa shape index (κ3) is 5.01. The lowest BCUT2D eigenvalue weighted by molar-refractivity contribution is -0.346. The van der Waals surface area contributed by atoms with Crippen LogP contribution in [0.2, 0.25) is 0 Å². The molecule has 0 spiro atoms. The van der Waals surface area contributed by atoms with Gasteiger partial charge in [-0.2, -0.15) is 0 Å². The summed E-state index contributed by atoms with van der Waals surface area (Å²) < 4.78 is 9.24. The normalized spacial score (nSPS) is 50.8. The van der Waals surface area contributed by atoms with E-state index in [9.17, 15) is 15.3 Å². The molecule has 2 saturated heterocycles. The molecule has 13 nitrogen and oxygen atoms in total. The van der Waals surface area contributed by atoms with Crippen LogP contribution < -0.4 is 11.5 Å². The fourth-order valence-corrected chi connectivity index (χ4v) is 2.30. The van der Waals surface area contributed by atoms with Gasteiger partial charge in [0.1, 0.15) is 36.6 Å². The number of nitrogens with two attached hydrogens (primary N) is 2. The minimum atomic E-state index is -2.45. The molecule has 2 heterocycles. The summed E-state index contributed by atoms with van der Waals surface area (Å²) >= 11 is 0. The Kier molecular flexibility index (Phi) is 8.03. The molecule has 2 fully saturated rings. The van der Waals surface area contributed by atoms with Crippen molar-refractivity contribution in [2.45, 2.75) is 61.0 Å². The second-order valence-electron chi connectivity index (χ2n) is 5.82. The van der Waals surface area contributed by atoms with Gasteiger partial charge in [0.15, 0.2) is 12.4 Å². The van der Waals surface area contributed by atoms with E-state index in [-0.39, 0.29) is 0 Å². The molecule has 0 unspecified atom stereocenters. The van der Waals surface area contributed by atoms with Gasteiger partial charge in [0.05, 0.1) is 19.3 Å². The zero-order chi connectivity index (χ0) is 19.5. The summed E-state index contributed by atoms with van der Waals surface area (Å²) in [6, 6.07) is -1.04. The fourth-order valence-electron chi connectivity index (χ4n) is 2.30. The Balaban J connectivity index is 0.000000251. The quantitative estimate of drug-likeness (QED) is 0.201. The SMILES string of the molecule is N[C@@H]1[C@@H](O)[C@H](O)[C@@H](CO)O[C@H]1O.N[C@@]1(O)O[C@H](CO)[C@@H](O)[C@H](O)[C@@H]1O. The van der Waals surface area contributed by atoms with Crippen LogP contribution in [0, 0.1) is 0 Å². The number of aliphatic hydroxyl groups excluding tert-OH is 8. The molecule has 0 aliphatic carbocycles. The number of hydrogen-bond donors (Lipinski definition) is 11. The zero-order valence-corrected chi connectivity index (χ0v) is 13.1. The van der Waals surface area contributed by atoms with E-state index in [1.165, 1.54) is 0 Å². The van der Waals surface area contributed by atoms with Crippen molar-refractivity contribution < 1.29 is 55.4 Å². The Morgan fingerprint density at radius 3 is 1.76 bits per heavy atom. The minimum absolute atomic E-state index is 0.470. The van der Waals surface area contributed by atoms with E-state index in [1.807, 2.05) is 0 Å². The van der Waals surface area contributed by atoms with Crippen molar-refractivity contribution in [3.8, 4) is 0 Å². The smallest absolute Gasteiger partial charge is 0.252 e. The lowest BCUT2D eigenvalue weighted by Crippen LogP contribution is -2.69. The Bertz CT molecular complexity index is 408. The second-order valence-corrected chi connectivity index (χ2v) is 5.82. The molecule has 0 bridgehead atoms. The van der Waals surface area contributed by atoms with Crippen molar-refractivity contribution >= 4 is 0 Å². The molecule has 0 aromatic carbocycles. The van der Waals surface area contributed by atoms with Gasteiger partial charge in [-0.3, -0.25) is 5.73 Å². The second kappa shape index (κ2) is 8.92. The molecule has 0 saturated carbocycles. The summed E-state index contributed by atoms with van der Waals surface area (Å²) in [5, 5.41) is 81.3. The van der Waals surface area contributed by atoms with Crippen LogP contribution in [0.25, 0.3) is 0 Å². The molecule has 0 amide bonds. The Morgan fingerprint density at radius 1 is 0.800 bits per heavy atom. The maximum absolute atomic E-state index is 9.20. The highest BCUT2D eigenvalue weighted by Crippen LogP contribution is 2.23. The van der Waals surface area contributed by atoms with Crippen molar-refractivity contribution in [2.24, 2.45) is 11.5 Å². The van der Waals surface area contributed by atoms with Gasteiger partial charge in [-0.15, -0.1) is 0 Å².